The molecule has 0 atom stereocenters. The summed E-state index contributed by atoms with van der Waals surface area (Å²) in [6.45, 7) is 2.68. The summed E-state index contributed by atoms with van der Waals surface area (Å²) in [6.07, 6.45) is 2.48. The Hall–Kier alpha value is -1.92. The lowest BCUT2D eigenvalue weighted by Gasteiger charge is -2.29. The van der Waals surface area contributed by atoms with Gasteiger partial charge in [0, 0.05) is 25.8 Å². The fourth-order valence-electron chi connectivity index (χ4n) is 2.69. The summed E-state index contributed by atoms with van der Waals surface area (Å²) < 4.78 is 16.0. The number of hydrogen-bond acceptors (Lipinski definition) is 6. The molecule has 0 spiro atoms. The van der Waals surface area contributed by atoms with E-state index in [-0.39, 0.29) is 0 Å². The second kappa shape index (κ2) is 6.89. The van der Waals surface area contributed by atoms with Crippen molar-refractivity contribution in [3.05, 3.63) is 30.2 Å². The molecule has 2 heterocycles. The highest BCUT2D eigenvalue weighted by molar-refractivity contribution is 5.56. The first-order valence-corrected chi connectivity index (χ1v) is 7.50. The van der Waals surface area contributed by atoms with Crippen LogP contribution in [0.2, 0.25) is 0 Å². The lowest BCUT2D eigenvalue weighted by molar-refractivity contribution is 0.0359. The number of hydrogen-bond donors (Lipinski definition) is 0. The minimum Gasteiger partial charge on any atom is -0.497 e. The van der Waals surface area contributed by atoms with Gasteiger partial charge in [0.25, 0.3) is 0 Å². The number of likely N-dealkylation sites (tertiary alicyclic amines) is 1. The van der Waals surface area contributed by atoms with Crippen LogP contribution in [0, 0.1) is 0 Å². The zero-order valence-corrected chi connectivity index (χ0v) is 13.0. The van der Waals surface area contributed by atoms with Crippen molar-refractivity contribution in [2.24, 2.45) is 0 Å². The van der Waals surface area contributed by atoms with Gasteiger partial charge in [0.2, 0.25) is 11.7 Å². The molecule has 0 amide bonds. The van der Waals surface area contributed by atoms with Crippen molar-refractivity contribution in [2.45, 2.75) is 25.5 Å². The van der Waals surface area contributed by atoms with Gasteiger partial charge in [-0.1, -0.05) is 17.3 Å². The van der Waals surface area contributed by atoms with Crippen LogP contribution in [0.1, 0.15) is 18.7 Å². The number of methoxy groups -OCH3 is 2. The molecule has 1 aliphatic rings. The third-order valence-corrected chi connectivity index (χ3v) is 4.02. The third kappa shape index (κ3) is 3.45. The number of aromatic nitrogens is 2. The molecule has 2 aromatic rings. The van der Waals surface area contributed by atoms with Crippen LogP contribution in [0.3, 0.4) is 0 Å². The van der Waals surface area contributed by atoms with Gasteiger partial charge in [-0.2, -0.15) is 4.98 Å². The maximum atomic E-state index is 5.38. The van der Waals surface area contributed by atoms with Crippen LogP contribution < -0.4 is 4.74 Å². The highest BCUT2D eigenvalue weighted by Crippen LogP contribution is 2.22. The van der Waals surface area contributed by atoms with Crippen molar-refractivity contribution < 1.29 is 14.0 Å². The smallest absolute Gasteiger partial charge is 0.241 e. The lowest BCUT2D eigenvalue weighted by atomic mass is 10.1. The highest BCUT2D eigenvalue weighted by atomic mass is 16.5. The summed E-state index contributed by atoms with van der Waals surface area (Å²) in [4.78, 5) is 6.80. The largest absolute Gasteiger partial charge is 0.497 e. The zero-order valence-electron chi connectivity index (χ0n) is 13.0. The van der Waals surface area contributed by atoms with Crippen molar-refractivity contribution in [2.75, 3.05) is 27.3 Å². The molecule has 1 aliphatic heterocycles. The number of nitrogens with zero attached hydrogens (tertiary/aromatic N) is 3. The Morgan fingerprint density at radius 2 is 2.09 bits per heavy atom. The van der Waals surface area contributed by atoms with Crippen LogP contribution in [0.5, 0.6) is 5.75 Å². The maximum absolute atomic E-state index is 5.38. The minimum atomic E-state index is 0.381. The van der Waals surface area contributed by atoms with E-state index in [1.807, 2.05) is 24.3 Å². The first kappa shape index (κ1) is 15.0. The molecule has 0 N–H and O–H groups in total. The van der Waals surface area contributed by atoms with E-state index in [9.17, 15) is 0 Å². The number of rotatable bonds is 5. The van der Waals surface area contributed by atoms with Gasteiger partial charge in [-0.05, 0) is 25.0 Å². The monoisotopic (exact) mass is 303 g/mol. The number of benzene rings is 1. The number of ether oxygens (including phenoxy) is 2. The molecule has 0 saturated carbocycles. The van der Waals surface area contributed by atoms with E-state index in [1.54, 1.807) is 14.2 Å². The molecule has 1 saturated heterocycles. The van der Waals surface area contributed by atoms with Gasteiger partial charge in [0.15, 0.2) is 0 Å². The van der Waals surface area contributed by atoms with Crippen LogP contribution in [0.4, 0.5) is 0 Å². The molecule has 6 heteroatoms. The van der Waals surface area contributed by atoms with Crippen molar-refractivity contribution in [1.82, 2.24) is 15.0 Å². The molecule has 0 aliphatic carbocycles. The molecule has 22 heavy (non-hydrogen) atoms. The second-order valence-corrected chi connectivity index (χ2v) is 5.45. The Morgan fingerprint density at radius 1 is 1.27 bits per heavy atom. The SMILES string of the molecule is COc1cccc(-c2noc(CN3CCC(OC)CC3)n2)c1. The van der Waals surface area contributed by atoms with Gasteiger partial charge in [-0.3, -0.25) is 4.90 Å². The van der Waals surface area contributed by atoms with Gasteiger partial charge in [0.1, 0.15) is 5.75 Å². The molecule has 1 aromatic carbocycles. The molecule has 1 aromatic heterocycles. The van der Waals surface area contributed by atoms with E-state index in [0.29, 0.717) is 24.4 Å². The van der Waals surface area contributed by atoms with Gasteiger partial charge in [-0.15, -0.1) is 0 Å². The molecule has 0 unspecified atom stereocenters. The highest BCUT2D eigenvalue weighted by Gasteiger charge is 2.20. The second-order valence-electron chi connectivity index (χ2n) is 5.45. The Morgan fingerprint density at radius 3 is 2.82 bits per heavy atom. The zero-order chi connectivity index (χ0) is 15.4. The molecule has 118 valence electrons. The molecule has 3 rings (SSSR count). The summed E-state index contributed by atoms with van der Waals surface area (Å²) in [7, 11) is 3.42. The van der Waals surface area contributed by atoms with Crippen LogP contribution in [0.15, 0.2) is 28.8 Å². The predicted molar refractivity (Wildman–Crippen MR) is 81.6 cm³/mol. The predicted octanol–water partition coefficient (Wildman–Crippen LogP) is 2.36. The third-order valence-electron chi connectivity index (χ3n) is 4.02. The molecular formula is C16H21N3O3. The average Bonchev–Trinajstić information content (AvgIpc) is 3.04. The van der Waals surface area contributed by atoms with Gasteiger partial charge in [-0.25, -0.2) is 0 Å². The normalized spacial score (nSPS) is 16.8. The molecule has 0 bridgehead atoms. The molecule has 0 radical (unpaired) electrons. The van der Waals surface area contributed by atoms with Gasteiger partial charge in [0.05, 0.1) is 19.8 Å². The van der Waals surface area contributed by atoms with Crippen LogP contribution in [0.25, 0.3) is 11.4 Å². The fraction of sp³-hybridized carbons (Fsp3) is 0.500. The summed E-state index contributed by atoms with van der Waals surface area (Å²) in [5, 5.41) is 4.07. The fourth-order valence-corrected chi connectivity index (χ4v) is 2.69. The Labute approximate surface area is 130 Å². The quantitative estimate of drug-likeness (QED) is 0.845. The van der Waals surface area contributed by atoms with Crippen LogP contribution in [-0.2, 0) is 11.3 Å². The lowest BCUT2D eigenvalue weighted by Crippen LogP contribution is -2.36. The first-order chi connectivity index (χ1) is 10.8. The minimum absolute atomic E-state index is 0.381. The molecule has 6 nitrogen and oxygen atoms in total. The Kier molecular flexibility index (Phi) is 4.70. The Bertz CT molecular complexity index is 606. The van der Waals surface area contributed by atoms with Gasteiger partial charge < -0.3 is 14.0 Å². The van der Waals surface area contributed by atoms with E-state index in [1.165, 1.54) is 0 Å². The first-order valence-electron chi connectivity index (χ1n) is 7.50. The van der Waals surface area contributed by atoms with E-state index in [4.69, 9.17) is 14.0 Å². The van der Waals surface area contributed by atoms with Gasteiger partial charge >= 0.3 is 0 Å². The summed E-state index contributed by atoms with van der Waals surface area (Å²) in [6, 6.07) is 7.66. The van der Waals surface area contributed by atoms with E-state index < -0.39 is 0 Å². The van der Waals surface area contributed by atoms with Crippen LogP contribution >= 0.6 is 0 Å². The maximum Gasteiger partial charge on any atom is 0.241 e. The van der Waals surface area contributed by atoms with E-state index in [0.717, 1.165) is 37.2 Å². The van der Waals surface area contributed by atoms with Crippen molar-refractivity contribution in [3.63, 3.8) is 0 Å². The van der Waals surface area contributed by atoms with E-state index in [2.05, 4.69) is 15.0 Å². The summed E-state index contributed by atoms with van der Waals surface area (Å²) in [5.41, 5.74) is 0.896. The topological polar surface area (TPSA) is 60.6 Å². The summed E-state index contributed by atoms with van der Waals surface area (Å²) in [5.74, 6) is 2.03. The average molecular weight is 303 g/mol. The van der Waals surface area contributed by atoms with E-state index >= 15 is 0 Å². The summed E-state index contributed by atoms with van der Waals surface area (Å²) >= 11 is 0. The van der Waals surface area contributed by atoms with Crippen molar-refractivity contribution in [1.29, 1.82) is 0 Å². The van der Waals surface area contributed by atoms with Crippen LogP contribution in [-0.4, -0.2) is 48.5 Å². The number of piperidine rings is 1. The van der Waals surface area contributed by atoms with Crippen molar-refractivity contribution in [3.8, 4) is 17.1 Å². The molecule has 1 fully saturated rings. The Balaban J connectivity index is 1.64. The molecular weight excluding hydrogens is 282 g/mol. The van der Waals surface area contributed by atoms with Crippen molar-refractivity contribution >= 4 is 0 Å². The standard InChI is InChI=1S/C16H21N3O3/c1-20-13-6-8-19(9-7-13)11-15-17-16(18-22-15)12-4-3-5-14(10-12)21-2/h3-5,10,13H,6-9,11H2,1-2H3.